The van der Waals surface area contributed by atoms with Crippen molar-refractivity contribution >= 4 is 17.8 Å². The predicted octanol–water partition coefficient (Wildman–Crippen LogP) is 9.66. The van der Waals surface area contributed by atoms with Crippen LogP contribution in [0.4, 0.5) is 0 Å². The van der Waals surface area contributed by atoms with Crippen LogP contribution in [0.1, 0.15) is 162 Å². The molecule has 0 aromatic carbocycles. The number of nitrogens with two attached hydrogens (primary N) is 1. The Morgan fingerprint density at radius 2 is 1.20 bits per heavy atom. The fourth-order valence-electron chi connectivity index (χ4n) is 5.15. The largest absolute Gasteiger partial charge is 0.480 e. The number of unbranched alkanes of at least 4 members (excludes halogenated alkanes) is 10. The molecule has 0 aromatic heterocycles. The molecule has 46 heavy (non-hydrogen) atoms. The molecule has 0 heterocycles. The van der Waals surface area contributed by atoms with Crippen molar-refractivity contribution in [2.45, 2.75) is 174 Å². The van der Waals surface area contributed by atoms with Crippen LogP contribution in [0.3, 0.4) is 0 Å². The van der Waals surface area contributed by atoms with Crippen molar-refractivity contribution in [1.82, 2.24) is 5.32 Å². The molecule has 7 heteroatoms. The van der Waals surface area contributed by atoms with Crippen molar-refractivity contribution < 1.29 is 24.2 Å². The molecule has 0 radical (unpaired) electrons. The lowest BCUT2D eigenvalue weighted by Gasteiger charge is -2.18. The van der Waals surface area contributed by atoms with Crippen molar-refractivity contribution in [2.24, 2.45) is 5.73 Å². The second kappa shape index (κ2) is 33.7. The summed E-state index contributed by atoms with van der Waals surface area (Å²) < 4.78 is 5.94. The SMILES string of the molecule is CC/C=C\C/C=C\C/C=C\C/C=C\CCCCC(=O)OC(CCCCCCCC)CCCCCCC(=O)NC(CCCN)C(=O)O. The Morgan fingerprint density at radius 1 is 0.652 bits per heavy atom. The van der Waals surface area contributed by atoms with E-state index in [1.165, 1.54) is 32.1 Å². The number of carboxylic acids is 1. The molecular formula is C39H68N2O5. The van der Waals surface area contributed by atoms with Crippen LogP contribution in [0.25, 0.3) is 0 Å². The summed E-state index contributed by atoms with van der Waals surface area (Å²) in [6.07, 6.45) is 38.7. The number of nitrogens with one attached hydrogen (secondary N) is 1. The number of ether oxygens (including phenoxy) is 1. The van der Waals surface area contributed by atoms with Crippen LogP contribution >= 0.6 is 0 Å². The second-order valence-electron chi connectivity index (χ2n) is 12.3. The van der Waals surface area contributed by atoms with E-state index in [-0.39, 0.29) is 18.0 Å². The summed E-state index contributed by atoms with van der Waals surface area (Å²) in [4.78, 5) is 36.1. The summed E-state index contributed by atoms with van der Waals surface area (Å²) >= 11 is 0. The zero-order valence-corrected chi connectivity index (χ0v) is 29.4. The summed E-state index contributed by atoms with van der Waals surface area (Å²) in [5, 5.41) is 11.9. The molecule has 0 saturated heterocycles. The van der Waals surface area contributed by atoms with E-state index in [0.29, 0.717) is 32.2 Å². The Hall–Kier alpha value is -2.67. The van der Waals surface area contributed by atoms with Gasteiger partial charge in [0.15, 0.2) is 0 Å². The number of esters is 1. The average molecular weight is 645 g/mol. The minimum absolute atomic E-state index is 0.0322. The van der Waals surface area contributed by atoms with Crippen LogP contribution in [0, 0.1) is 0 Å². The molecule has 0 aromatic rings. The van der Waals surface area contributed by atoms with Crippen LogP contribution in [-0.4, -0.2) is 41.6 Å². The number of allylic oxidation sites excluding steroid dienone is 8. The van der Waals surface area contributed by atoms with Crippen LogP contribution in [0.15, 0.2) is 48.6 Å². The molecule has 0 rings (SSSR count). The summed E-state index contributed by atoms with van der Waals surface area (Å²) in [5.74, 6) is -1.32. The maximum Gasteiger partial charge on any atom is 0.326 e. The van der Waals surface area contributed by atoms with E-state index < -0.39 is 12.0 Å². The Labute approximate surface area is 281 Å². The molecule has 2 unspecified atom stereocenters. The van der Waals surface area contributed by atoms with Gasteiger partial charge in [0.25, 0.3) is 0 Å². The van der Waals surface area contributed by atoms with E-state index >= 15 is 0 Å². The van der Waals surface area contributed by atoms with Gasteiger partial charge in [0.2, 0.25) is 5.91 Å². The molecule has 0 aliphatic carbocycles. The van der Waals surface area contributed by atoms with Crippen LogP contribution in [0.2, 0.25) is 0 Å². The lowest BCUT2D eigenvalue weighted by Crippen LogP contribution is -2.40. The van der Waals surface area contributed by atoms with Crippen molar-refractivity contribution in [2.75, 3.05) is 6.54 Å². The molecule has 1 amide bonds. The quantitative estimate of drug-likeness (QED) is 0.0381. The average Bonchev–Trinajstić information content (AvgIpc) is 3.04. The number of carbonyl (C=O) groups excluding carboxylic acids is 2. The van der Waals surface area contributed by atoms with Crippen LogP contribution in [0.5, 0.6) is 0 Å². The molecule has 0 aliphatic rings. The van der Waals surface area contributed by atoms with Gasteiger partial charge in [-0.25, -0.2) is 4.79 Å². The van der Waals surface area contributed by atoms with Gasteiger partial charge in [-0.2, -0.15) is 0 Å². The summed E-state index contributed by atoms with van der Waals surface area (Å²) in [6.45, 7) is 4.77. The van der Waals surface area contributed by atoms with E-state index in [0.717, 1.165) is 89.9 Å². The van der Waals surface area contributed by atoms with E-state index in [1.807, 2.05) is 0 Å². The normalized spacial score (nSPS) is 13.3. The maximum absolute atomic E-state index is 12.6. The van der Waals surface area contributed by atoms with Crippen molar-refractivity contribution in [3.63, 3.8) is 0 Å². The third-order valence-electron chi connectivity index (χ3n) is 7.91. The number of hydrogen-bond donors (Lipinski definition) is 3. The first-order chi connectivity index (χ1) is 22.4. The Morgan fingerprint density at radius 3 is 1.78 bits per heavy atom. The molecule has 0 saturated carbocycles. The second-order valence-corrected chi connectivity index (χ2v) is 12.3. The molecule has 0 spiro atoms. The number of rotatable bonds is 32. The fraction of sp³-hybridized carbons (Fsp3) is 0.718. The van der Waals surface area contributed by atoms with E-state index in [1.54, 1.807) is 0 Å². The lowest BCUT2D eigenvalue weighted by atomic mass is 10.0. The van der Waals surface area contributed by atoms with Gasteiger partial charge in [-0.05, 0) is 96.4 Å². The summed E-state index contributed by atoms with van der Waals surface area (Å²) in [6, 6.07) is -0.867. The first-order valence-corrected chi connectivity index (χ1v) is 18.5. The molecule has 0 aliphatic heterocycles. The zero-order valence-electron chi connectivity index (χ0n) is 29.4. The van der Waals surface area contributed by atoms with Gasteiger partial charge in [-0.1, -0.05) is 107 Å². The highest BCUT2D eigenvalue weighted by Gasteiger charge is 2.19. The number of hydrogen-bond acceptors (Lipinski definition) is 5. The monoisotopic (exact) mass is 645 g/mol. The van der Waals surface area contributed by atoms with Crippen LogP contribution in [-0.2, 0) is 19.1 Å². The smallest absolute Gasteiger partial charge is 0.326 e. The van der Waals surface area contributed by atoms with Gasteiger partial charge in [0.1, 0.15) is 12.1 Å². The van der Waals surface area contributed by atoms with E-state index in [2.05, 4.69) is 67.8 Å². The van der Waals surface area contributed by atoms with Gasteiger partial charge in [0.05, 0.1) is 0 Å². The van der Waals surface area contributed by atoms with Gasteiger partial charge < -0.3 is 20.9 Å². The minimum Gasteiger partial charge on any atom is -0.480 e. The molecule has 7 nitrogen and oxygen atoms in total. The van der Waals surface area contributed by atoms with Gasteiger partial charge in [-0.15, -0.1) is 0 Å². The van der Waals surface area contributed by atoms with Gasteiger partial charge in [0, 0.05) is 12.8 Å². The molecule has 0 bridgehead atoms. The van der Waals surface area contributed by atoms with Crippen molar-refractivity contribution in [1.29, 1.82) is 0 Å². The first-order valence-electron chi connectivity index (χ1n) is 18.5. The highest BCUT2D eigenvalue weighted by Crippen LogP contribution is 2.18. The Kier molecular flexibility index (Phi) is 31.7. The summed E-state index contributed by atoms with van der Waals surface area (Å²) in [7, 11) is 0. The number of amides is 1. The molecule has 264 valence electrons. The summed E-state index contributed by atoms with van der Waals surface area (Å²) in [5.41, 5.74) is 5.46. The third-order valence-corrected chi connectivity index (χ3v) is 7.91. The molecular weight excluding hydrogens is 576 g/mol. The third kappa shape index (κ3) is 30.0. The van der Waals surface area contributed by atoms with E-state index in [9.17, 15) is 19.5 Å². The molecule has 0 fully saturated rings. The van der Waals surface area contributed by atoms with Crippen molar-refractivity contribution in [3.8, 4) is 0 Å². The highest BCUT2D eigenvalue weighted by atomic mass is 16.5. The molecule has 2 atom stereocenters. The lowest BCUT2D eigenvalue weighted by molar-refractivity contribution is -0.150. The molecule has 4 N–H and O–H groups in total. The van der Waals surface area contributed by atoms with E-state index in [4.69, 9.17) is 10.5 Å². The van der Waals surface area contributed by atoms with Gasteiger partial charge >= 0.3 is 11.9 Å². The zero-order chi connectivity index (χ0) is 33.9. The maximum atomic E-state index is 12.6. The topological polar surface area (TPSA) is 119 Å². The first kappa shape index (κ1) is 43.3. The van der Waals surface area contributed by atoms with Gasteiger partial charge in [-0.3, -0.25) is 9.59 Å². The minimum atomic E-state index is -1.02. The fourth-order valence-corrected chi connectivity index (χ4v) is 5.15. The number of aliphatic carboxylic acids is 1. The standard InChI is InChI=1S/C39H68N2O5/c1-3-5-7-9-11-12-13-14-15-16-17-18-19-21-27-33-38(43)46-35(29-24-20-10-8-6-4-2)30-25-22-23-26-32-37(42)41-36(39(44)45)31-28-34-40/h5,7,11-12,14-15,17-18,35-36H,3-4,6,8-10,13,16,19-34,40H2,1-2H3,(H,41,42)(H,44,45)/b7-5-,12-11-,15-14-,18-17-. The number of carboxylic acid groups (broad SMARTS) is 1. The van der Waals surface area contributed by atoms with Crippen molar-refractivity contribution in [3.05, 3.63) is 48.6 Å². The highest BCUT2D eigenvalue weighted by molar-refractivity contribution is 5.83. The Balaban J connectivity index is 4.29. The predicted molar refractivity (Wildman–Crippen MR) is 193 cm³/mol. The Bertz CT molecular complexity index is 864. The van der Waals surface area contributed by atoms with Crippen LogP contribution < -0.4 is 11.1 Å². The number of carbonyl (C=O) groups is 3.